The lowest BCUT2D eigenvalue weighted by Crippen LogP contribution is -2.20. The number of nitrogens with one attached hydrogen (secondary N) is 1. The Morgan fingerprint density at radius 2 is 1.64 bits per heavy atom. The van der Waals surface area contributed by atoms with Gasteiger partial charge in [0.15, 0.2) is 0 Å². The Kier molecular flexibility index (Phi) is 5.34. The number of anilines is 1. The maximum Gasteiger partial charge on any atom is 0.337 e. The van der Waals surface area contributed by atoms with E-state index in [4.69, 9.17) is 14.2 Å². The molecule has 0 saturated heterocycles. The first-order valence-corrected chi connectivity index (χ1v) is 10.8. The molecule has 33 heavy (non-hydrogen) atoms. The first-order chi connectivity index (χ1) is 16.1. The molecule has 0 spiro atoms. The molecule has 5 rings (SSSR count). The number of nitrogens with zero attached hydrogens (tertiary/aromatic N) is 1. The van der Waals surface area contributed by atoms with Gasteiger partial charge in [-0.15, -0.1) is 0 Å². The molecular weight excluding hydrogens is 416 g/mol. The summed E-state index contributed by atoms with van der Waals surface area (Å²) >= 11 is 0. The third-order valence-corrected chi connectivity index (χ3v) is 6.01. The highest BCUT2D eigenvalue weighted by molar-refractivity contribution is 5.97. The number of carbonyl (C=O) groups is 1. The molecular formula is C27H24N2O4. The van der Waals surface area contributed by atoms with Crippen LogP contribution >= 0.6 is 0 Å². The van der Waals surface area contributed by atoms with E-state index in [1.54, 1.807) is 25.4 Å². The van der Waals surface area contributed by atoms with Crippen molar-refractivity contribution in [3.63, 3.8) is 0 Å². The standard InChI is InChI=1S/C27H24N2O4/c1-31-21-10-12-22(13-11-21)33-23-5-3-4-18-14-17-28-25(24(18)23)29-27(15-16-27)20-8-6-19(7-9-20)26(30)32-2/h3-14,17H,15-16H2,1-2H3,(H,28,29). The molecule has 1 N–H and O–H groups in total. The van der Waals surface area contributed by atoms with Gasteiger partial charge in [-0.3, -0.25) is 0 Å². The Labute approximate surface area is 192 Å². The van der Waals surface area contributed by atoms with Crippen LogP contribution < -0.4 is 14.8 Å². The van der Waals surface area contributed by atoms with Gasteiger partial charge in [-0.1, -0.05) is 24.3 Å². The third kappa shape index (κ3) is 4.07. The summed E-state index contributed by atoms with van der Waals surface area (Å²) in [6.45, 7) is 0. The number of hydrogen-bond donors (Lipinski definition) is 1. The van der Waals surface area contributed by atoms with E-state index in [0.717, 1.165) is 52.2 Å². The fourth-order valence-electron chi connectivity index (χ4n) is 4.03. The van der Waals surface area contributed by atoms with Crippen LogP contribution in [0.4, 0.5) is 5.82 Å². The van der Waals surface area contributed by atoms with Crippen molar-refractivity contribution in [2.45, 2.75) is 18.4 Å². The molecule has 0 unspecified atom stereocenters. The summed E-state index contributed by atoms with van der Waals surface area (Å²) in [6, 6.07) is 23.0. The predicted octanol–water partition coefficient (Wildman–Crippen LogP) is 5.92. The van der Waals surface area contributed by atoms with Gasteiger partial charge in [-0.2, -0.15) is 0 Å². The summed E-state index contributed by atoms with van der Waals surface area (Å²) in [7, 11) is 3.03. The molecule has 0 amide bonds. The van der Waals surface area contributed by atoms with Crippen LogP contribution in [0.1, 0.15) is 28.8 Å². The Morgan fingerprint density at radius 1 is 0.909 bits per heavy atom. The highest BCUT2D eigenvalue weighted by atomic mass is 16.5. The third-order valence-electron chi connectivity index (χ3n) is 6.01. The molecule has 1 aromatic heterocycles. The minimum Gasteiger partial charge on any atom is -0.497 e. The molecule has 1 aliphatic rings. The van der Waals surface area contributed by atoms with Gasteiger partial charge in [0.2, 0.25) is 0 Å². The second-order valence-electron chi connectivity index (χ2n) is 8.07. The second-order valence-corrected chi connectivity index (χ2v) is 8.07. The van der Waals surface area contributed by atoms with Crippen molar-refractivity contribution in [1.29, 1.82) is 0 Å². The summed E-state index contributed by atoms with van der Waals surface area (Å²) < 4.78 is 16.3. The van der Waals surface area contributed by atoms with Crippen LogP contribution in [0.5, 0.6) is 17.2 Å². The van der Waals surface area contributed by atoms with Crippen molar-refractivity contribution in [1.82, 2.24) is 4.98 Å². The molecule has 1 heterocycles. The smallest absolute Gasteiger partial charge is 0.337 e. The van der Waals surface area contributed by atoms with Crippen LogP contribution in [0.3, 0.4) is 0 Å². The summed E-state index contributed by atoms with van der Waals surface area (Å²) in [5, 5.41) is 5.63. The van der Waals surface area contributed by atoms with E-state index >= 15 is 0 Å². The minimum atomic E-state index is -0.338. The number of carbonyl (C=O) groups excluding carboxylic acids is 1. The van der Waals surface area contributed by atoms with E-state index in [-0.39, 0.29) is 11.5 Å². The van der Waals surface area contributed by atoms with Gasteiger partial charge in [0, 0.05) is 6.20 Å². The highest BCUT2D eigenvalue weighted by Crippen LogP contribution is 2.49. The van der Waals surface area contributed by atoms with Gasteiger partial charge in [0.25, 0.3) is 0 Å². The molecule has 4 aromatic rings. The van der Waals surface area contributed by atoms with Gasteiger partial charge in [0.1, 0.15) is 23.1 Å². The number of hydrogen-bond acceptors (Lipinski definition) is 6. The number of esters is 1. The first kappa shape index (κ1) is 20.8. The van der Waals surface area contributed by atoms with Crippen molar-refractivity contribution < 1.29 is 19.0 Å². The van der Waals surface area contributed by atoms with Gasteiger partial charge >= 0.3 is 5.97 Å². The molecule has 3 aromatic carbocycles. The number of rotatable bonds is 7. The lowest BCUT2D eigenvalue weighted by atomic mass is 10.0. The lowest BCUT2D eigenvalue weighted by molar-refractivity contribution is 0.0600. The Morgan fingerprint density at radius 3 is 2.30 bits per heavy atom. The summed E-state index contributed by atoms with van der Waals surface area (Å²) in [6.07, 6.45) is 3.76. The normalized spacial score (nSPS) is 13.9. The molecule has 1 fully saturated rings. The number of aromatic nitrogens is 1. The predicted molar refractivity (Wildman–Crippen MR) is 127 cm³/mol. The van der Waals surface area contributed by atoms with Crippen LogP contribution in [0, 0.1) is 0 Å². The van der Waals surface area contributed by atoms with E-state index < -0.39 is 0 Å². The maximum absolute atomic E-state index is 11.8. The van der Waals surface area contributed by atoms with E-state index in [0.29, 0.717) is 5.56 Å². The van der Waals surface area contributed by atoms with Crippen LogP contribution in [0.2, 0.25) is 0 Å². The maximum atomic E-state index is 11.8. The van der Waals surface area contributed by atoms with Gasteiger partial charge in [-0.05, 0) is 72.3 Å². The Balaban J connectivity index is 1.47. The number of fused-ring (bicyclic) bond motifs is 1. The zero-order valence-corrected chi connectivity index (χ0v) is 18.5. The van der Waals surface area contributed by atoms with Crippen LogP contribution in [-0.2, 0) is 10.3 Å². The van der Waals surface area contributed by atoms with E-state index in [1.165, 1.54) is 7.11 Å². The average Bonchev–Trinajstić information content (AvgIpc) is 3.65. The van der Waals surface area contributed by atoms with E-state index in [2.05, 4.69) is 10.3 Å². The summed E-state index contributed by atoms with van der Waals surface area (Å²) in [5.74, 6) is 2.66. The molecule has 0 radical (unpaired) electrons. The van der Waals surface area contributed by atoms with Gasteiger partial charge in [0.05, 0.1) is 30.7 Å². The van der Waals surface area contributed by atoms with Crippen molar-refractivity contribution in [2.24, 2.45) is 0 Å². The van der Waals surface area contributed by atoms with Crippen LogP contribution in [0.15, 0.2) is 79.0 Å². The topological polar surface area (TPSA) is 69.7 Å². The summed E-state index contributed by atoms with van der Waals surface area (Å²) in [5.41, 5.74) is 1.43. The number of pyridine rings is 1. The quantitative estimate of drug-likeness (QED) is 0.360. The molecule has 6 heteroatoms. The minimum absolute atomic E-state index is 0.219. The SMILES string of the molecule is COC(=O)c1ccc(C2(Nc3nccc4cccc(Oc5ccc(OC)cc5)c34)CC2)cc1. The number of ether oxygens (including phenoxy) is 3. The largest absolute Gasteiger partial charge is 0.497 e. The lowest BCUT2D eigenvalue weighted by Gasteiger charge is -2.21. The Hall–Kier alpha value is -4.06. The fourth-order valence-corrected chi connectivity index (χ4v) is 4.03. The highest BCUT2D eigenvalue weighted by Gasteiger charge is 2.45. The molecule has 0 bridgehead atoms. The molecule has 1 saturated carbocycles. The van der Waals surface area contributed by atoms with E-state index in [9.17, 15) is 4.79 Å². The zero-order valence-electron chi connectivity index (χ0n) is 18.5. The summed E-state index contributed by atoms with van der Waals surface area (Å²) in [4.78, 5) is 16.4. The molecule has 166 valence electrons. The van der Waals surface area contributed by atoms with Crippen molar-refractivity contribution in [3.8, 4) is 17.2 Å². The second kappa shape index (κ2) is 8.47. The van der Waals surface area contributed by atoms with Crippen molar-refractivity contribution in [2.75, 3.05) is 19.5 Å². The van der Waals surface area contributed by atoms with Crippen molar-refractivity contribution in [3.05, 3.63) is 90.1 Å². The molecule has 0 atom stereocenters. The molecule has 6 nitrogen and oxygen atoms in total. The number of methoxy groups -OCH3 is 2. The van der Waals surface area contributed by atoms with Crippen LogP contribution in [0.25, 0.3) is 10.8 Å². The fraction of sp³-hybridized carbons (Fsp3) is 0.185. The van der Waals surface area contributed by atoms with Crippen molar-refractivity contribution >= 4 is 22.6 Å². The average molecular weight is 440 g/mol. The number of benzene rings is 3. The van der Waals surface area contributed by atoms with E-state index in [1.807, 2.05) is 60.7 Å². The van der Waals surface area contributed by atoms with Crippen LogP contribution in [-0.4, -0.2) is 25.2 Å². The van der Waals surface area contributed by atoms with Gasteiger partial charge < -0.3 is 19.5 Å². The molecule has 1 aliphatic carbocycles. The first-order valence-electron chi connectivity index (χ1n) is 10.8. The monoisotopic (exact) mass is 440 g/mol. The zero-order chi connectivity index (χ0) is 22.8. The van der Waals surface area contributed by atoms with Gasteiger partial charge in [-0.25, -0.2) is 9.78 Å². The molecule has 0 aliphatic heterocycles. The Bertz CT molecular complexity index is 1290.